The van der Waals surface area contributed by atoms with Crippen molar-refractivity contribution in [1.82, 2.24) is 24.0 Å². The minimum absolute atomic E-state index is 0.0240. The molecule has 1 aromatic carbocycles. The number of aromatic nitrogens is 3. The van der Waals surface area contributed by atoms with Gasteiger partial charge in [0.25, 0.3) is 5.91 Å². The summed E-state index contributed by atoms with van der Waals surface area (Å²) < 4.78 is 19.7. The summed E-state index contributed by atoms with van der Waals surface area (Å²) in [5, 5.41) is 15.8. The number of aliphatic hydroxyl groups is 1. The number of rotatable bonds is 6. The van der Waals surface area contributed by atoms with E-state index in [1.54, 1.807) is 15.6 Å². The number of likely N-dealkylation sites (tertiary alicyclic amines) is 2. The average molecular weight is 627 g/mol. The van der Waals surface area contributed by atoms with Crippen molar-refractivity contribution in [2.45, 2.75) is 82.9 Å². The maximum absolute atomic E-state index is 15.8. The Hall–Kier alpha value is -3.76. The summed E-state index contributed by atoms with van der Waals surface area (Å²) in [6.07, 6.45) is 8.45. The summed E-state index contributed by atoms with van der Waals surface area (Å²) in [6, 6.07) is 9.99. The number of carbonyl (C=O) groups excluding carboxylic acids is 2. The van der Waals surface area contributed by atoms with Crippen LogP contribution in [0.3, 0.4) is 0 Å². The fourth-order valence-corrected chi connectivity index (χ4v) is 8.10. The second-order valence-electron chi connectivity index (χ2n) is 14.3. The molecular formula is C36H43FN6O3. The molecule has 46 heavy (non-hydrogen) atoms. The van der Waals surface area contributed by atoms with Crippen LogP contribution in [0.2, 0.25) is 0 Å². The van der Waals surface area contributed by atoms with E-state index in [4.69, 9.17) is 10.8 Å². The van der Waals surface area contributed by atoms with Gasteiger partial charge in [-0.3, -0.25) is 9.59 Å². The standard InChI is InChI=1S/C36H43FN6O3/c1-21-32(39-43-19-26(16-30(37)33(21)43)36(46)41-11-3-5-27(38)20-41)31-17-24-4-2-6-29(34(24)42(31)18-22-7-8-22)23-9-12-40(13-10-23)35(45)25-14-28(44)15-25/h2,4,6,16-17,19,22-23,25,27-28,44H,3,5,7-15,18,20,38H2,1H3. The Morgan fingerprint density at radius 1 is 1.02 bits per heavy atom. The van der Waals surface area contributed by atoms with Crippen molar-refractivity contribution in [2.75, 3.05) is 26.2 Å². The molecule has 8 rings (SSSR count). The van der Waals surface area contributed by atoms with Gasteiger partial charge in [-0.2, -0.15) is 5.10 Å². The van der Waals surface area contributed by atoms with Crippen LogP contribution in [-0.4, -0.2) is 79.2 Å². The number of para-hydroxylation sites is 1. The van der Waals surface area contributed by atoms with Crippen LogP contribution in [0.25, 0.3) is 27.8 Å². The van der Waals surface area contributed by atoms with Crippen LogP contribution in [-0.2, 0) is 11.3 Å². The molecule has 3 N–H and O–H groups in total. The van der Waals surface area contributed by atoms with Crippen molar-refractivity contribution in [1.29, 1.82) is 0 Å². The molecule has 1 unspecified atom stereocenters. The Bertz CT molecular complexity index is 1830. The van der Waals surface area contributed by atoms with E-state index in [1.807, 2.05) is 11.8 Å². The normalized spacial score (nSPS) is 24.1. The largest absolute Gasteiger partial charge is 0.393 e. The van der Waals surface area contributed by atoms with Gasteiger partial charge in [0, 0.05) is 61.8 Å². The second-order valence-corrected chi connectivity index (χ2v) is 14.3. The Labute approximate surface area is 268 Å². The van der Waals surface area contributed by atoms with E-state index in [0.717, 1.165) is 67.7 Å². The molecule has 4 aromatic rings. The number of fused-ring (bicyclic) bond motifs is 2. The van der Waals surface area contributed by atoms with Gasteiger partial charge in [0.2, 0.25) is 5.91 Å². The number of pyridine rings is 1. The third-order valence-corrected chi connectivity index (χ3v) is 10.9. The molecule has 5 heterocycles. The zero-order valence-corrected chi connectivity index (χ0v) is 26.5. The number of nitrogens with two attached hydrogens (primary N) is 1. The summed E-state index contributed by atoms with van der Waals surface area (Å²) in [6.45, 7) is 5.37. The zero-order valence-electron chi connectivity index (χ0n) is 26.5. The summed E-state index contributed by atoms with van der Waals surface area (Å²) in [5.74, 6) is 0.442. The first kappa shape index (κ1) is 29.6. The highest BCUT2D eigenvalue weighted by atomic mass is 19.1. The molecule has 9 nitrogen and oxygen atoms in total. The topological polar surface area (TPSA) is 109 Å². The summed E-state index contributed by atoms with van der Waals surface area (Å²) in [4.78, 5) is 30.0. The molecule has 242 valence electrons. The van der Waals surface area contributed by atoms with E-state index >= 15 is 4.39 Å². The molecule has 3 aromatic heterocycles. The highest BCUT2D eigenvalue weighted by molar-refractivity contribution is 5.95. The predicted molar refractivity (Wildman–Crippen MR) is 174 cm³/mol. The highest BCUT2D eigenvalue weighted by Gasteiger charge is 2.37. The Balaban J connectivity index is 1.14. The lowest BCUT2D eigenvalue weighted by atomic mass is 9.80. The molecule has 4 aliphatic rings. The van der Waals surface area contributed by atoms with Crippen molar-refractivity contribution in [3.63, 3.8) is 0 Å². The number of halogens is 1. The van der Waals surface area contributed by atoms with Gasteiger partial charge >= 0.3 is 0 Å². The van der Waals surface area contributed by atoms with Crippen molar-refractivity contribution in [2.24, 2.45) is 17.6 Å². The quantitative estimate of drug-likeness (QED) is 0.318. The van der Waals surface area contributed by atoms with Crippen LogP contribution in [0.1, 0.15) is 78.8 Å². The number of hydrogen-bond acceptors (Lipinski definition) is 5. The number of piperidine rings is 2. The molecular weight excluding hydrogens is 583 g/mol. The molecule has 2 amide bonds. The minimum Gasteiger partial charge on any atom is -0.393 e. The maximum Gasteiger partial charge on any atom is 0.255 e. The molecule has 4 fully saturated rings. The van der Waals surface area contributed by atoms with Gasteiger partial charge in [0.1, 0.15) is 17.0 Å². The van der Waals surface area contributed by atoms with Gasteiger partial charge < -0.3 is 25.2 Å². The minimum atomic E-state index is -0.452. The SMILES string of the molecule is Cc1c(-c2cc3cccc(C4CCN(C(=O)C5CC(O)C5)CC4)c3n2CC2CC2)nn2cc(C(=O)N3CCCC(N)C3)cc(F)c12. The number of benzene rings is 1. The molecule has 2 saturated carbocycles. The van der Waals surface area contributed by atoms with E-state index in [0.29, 0.717) is 43.3 Å². The first-order chi connectivity index (χ1) is 22.2. The molecule has 1 atom stereocenters. The molecule has 0 spiro atoms. The van der Waals surface area contributed by atoms with Gasteiger partial charge in [-0.05, 0) is 87.8 Å². The molecule has 2 saturated heterocycles. The van der Waals surface area contributed by atoms with Gasteiger partial charge in [0.05, 0.1) is 22.9 Å². The smallest absolute Gasteiger partial charge is 0.255 e. The number of hydrogen-bond donors (Lipinski definition) is 2. The molecule has 2 aliphatic heterocycles. The fraction of sp³-hybridized carbons (Fsp3) is 0.528. The van der Waals surface area contributed by atoms with Gasteiger partial charge in [-0.15, -0.1) is 0 Å². The lowest BCUT2D eigenvalue weighted by Crippen LogP contribution is -2.46. The van der Waals surface area contributed by atoms with Crippen LogP contribution in [0.5, 0.6) is 0 Å². The van der Waals surface area contributed by atoms with Crippen LogP contribution in [0, 0.1) is 24.6 Å². The third-order valence-electron chi connectivity index (χ3n) is 10.9. The van der Waals surface area contributed by atoms with Crippen LogP contribution < -0.4 is 5.73 Å². The van der Waals surface area contributed by atoms with Gasteiger partial charge in [-0.1, -0.05) is 18.2 Å². The Morgan fingerprint density at radius 3 is 2.52 bits per heavy atom. The molecule has 0 radical (unpaired) electrons. The van der Waals surface area contributed by atoms with Crippen LogP contribution >= 0.6 is 0 Å². The number of aryl methyl sites for hydroxylation is 1. The summed E-state index contributed by atoms with van der Waals surface area (Å²) >= 11 is 0. The van der Waals surface area contributed by atoms with Crippen molar-refractivity contribution in [3.05, 3.63) is 59.0 Å². The third kappa shape index (κ3) is 5.19. The lowest BCUT2D eigenvalue weighted by Gasteiger charge is -2.38. The Morgan fingerprint density at radius 2 is 1.80 bits per heavy atom. The summed E-state index contributed by atoms with van der Waals surface area (Å²) in [5.41, 5.74) is 11.8. The van der Waals surface area contributed by atoms with Gasteiger partial charge in [0.15, 0.2) is 0 Å². The number of amides is 2. The van der Waals surface area contributed by atoms with Crippen LogP contribution in [0.15, 0.2) is 36.5 Å². The van der Waals surface area contributed by atoms with Crippen LogP contribution in [0.4, 0.5) is 4.39 Å². The number of aliphatic hydroxyl groups excluding tert-OH is 1. The predicted octanol–water partition coefficient (Wildman–Crippen LogP) is 4.85. The van der Waals surface area contributed by atoms with E-state index in [9.17, 15) is 14.7 Å². The molecule has 2 aliphatic carbocycles. The van der Waals surface area contributed by atoms with E-state index in [-0.39, 0.29) is 35.4 Å². The maximum atomic E-state index is 15.8. The van der Waals surface area contributed by atoms with Crippen molar-refractivity contribution < 1.29 is 19.1 Å². The van der Waals surface area contributed by atoms with E-state index < -0.39 is 5.82 Å². The highest BCUT2D eigenvalue weighted by Crippen LogP contribution is 2.41. The van der Waals surface area contributed by atoms with E-state index in [2.05, 4.69) is 28.8 Å². The zero-order chi connectivity index (χ0) is 31.7. The number of carbonyl (C=O) groups is 2. The molecule has 0 bridgehead atoms. The monoisotopic (exact) mass is 626 g/mol. The average Bonchev–Trinajstić information content (AvgIpc) is 3.70. The first-order valence-electron chi connectivity index (χ1n) is 17.1. The van der Waals surface area contributed by atoms with Gasteiger partial charge in [-0.25, -0.2) is 8.91 Å². The molecule has 10 heteroatoms. The fourth-order valence-electron chi connectivity index (χ4n) is 8.10. The summed E-state index contributed by atoms with van der Waals surface area (Å²) in [7, 11) is 0. The van der Waals surface area contributed by atoms with E-state index in [1.165, 1.54) is 30.0 Å². The lowest BCUT2D eigenvalue weighted by molar-refractivity contribution is -0.143. The first-order valence-corrected chi connectivity index (χ1v) is 17.1. The number of nitrogens with zero attached hydrogens (tertiary/aromatic N) is 5. The van der Waals surface area contributed by atoms with Crippen molar-refractivity contribution >= 4 is 28.2 Å². The van der Waals surface area contributed by atoms with Crippen molar-refractivity contribution in [3.8, 4) is 11.4 Å². The Kier molecular flexibility index (Phi) is 7.40. The second kappa shape index (κ2) is 11.5.